The Kier molecular flexibility index (Phi) is 7.20. The van der Waals surface area contributed by atoms with Gasteiger partial charge in [-0.25, -0.2) is 9.48 Å². The van der Waals surface area contributed by atoms with Crippen molar-refractivity contribution in [2.24, 2.45) is 7.05 Å². The number of hydrogen-bond donors (Lipinski definition) is 2. The average Bonchev–Trinajstić information content (AvgIpc) is 2.77. The van der Waals surface area contributed by atoms with Crippen LogP contribution in [0.4, 0.5) is 10.5 Å². The molecule has 2 aromatic carbocycles. The summed E-state index contributed by atoms with van der Waals surface area (Å²) in [6.45, 7) is 4.21. The number of aryl methyl sites for hydroxylation is 1. The fourth-order valence-electron chi connectivity index (χ4n) is 3.48. The van der Waals surface area contributed by atoms with Crippen molar-refractivity contribution in [3.63, 3.8) is 0 Å². The standard InChI is InChI=1S/C24H28N4O3/c1-17(2)28(21-7-5-4-6-8-21)24(31)25-14-13-18-9-11-19(12-10-18)22-20(16-29)15-26-27(3)23(22)30/h4-12,15,17,29H,13-14,16H2,1-3H3,(H,25,31). The minimum absolute atomic E-state index is 0.0328. The van der Waals surface area contributed by atoms with Crippen molar-refractivity contribution in [1.82, 2.24) is 15.1 Å². The number of hydrogen-bond acceptors (Lipinski definition) is 4. The van der Waals surface area contributed by atoms with Gasteiger partial charge in [0.15, 0.2) is 0 Å². The smallest absolute Gasteiger partial charge is 0.322 e. The van der Waals surface area contributed by atoms with E-state index in [1.807, 2.05) is 68.4 Å². The lowest BCUT2D eigenvalue weighted by Crippen LogP contribution is -2.44. The van der Waals surface area contributed by atoms with Gasteiger partial charge < -0.3 is 10.4 Å². The quantitative estimate of drug-likeness (QED) is 0.615. The molecule has 0 unspecified atom stereocenters. The molecule has 0 spiro atoms. The normalized spacial score (nSPS) is 10.9. The lowest BCUT2D eigenvalue weighted by molar-refractivity contribution is 0.245. The van der Waals surface area contributed by atoms with Crippen molar-refractivity contribution in [2.75, 3.05) is 11.4 Å². The average molecular weight is 421 g/mol. The number of aliphatic hydroxyl groups is 1. The molecule has 0 aliphatic rings. The van der Waals surface area contributed by atoms with E-state index in [-0.39, 0.29) is 24.2 Å². The van der Waals surface area contributed by atoms with E-state index in [0.29, 0.717) is 24.1 Å². The molecule has 0 fully saturated rings. The predicted octanol–water partition coefficient (Wildman–Crippen LogP) is 3.11. The third-order valence-electron chi connectivity index (χ3n) is 5.09. The maximum Gasteiger partial charge on any atom is 0.322 e. The van der Waals surface area contributed by atoms with Crippen molar-refractivity contribution < 1.29 is 9.90 Å². The zero-order chi connectivity index (χ0) is 22.4. The number of carbonyl (C=O) groups is 1. The van der Waals surface area contributed by atoms with Gasteiger partial charge in [-0.15, -0.1) is 0 Å². The maximum atomic E-state index is 12.7. The van der Waals surface area contributed by atoms with E-state index >= 15 is 0 Å². The summed E-state index contributed by atoms with van der Waals surface area (Å²) >= 11 is 0. The Labute approximate surface area is 182 Å². The van der Waals surface area contributed by atoms with Crippen molar-refractivity contribution in [3.05, 3.63) is 82.3 Å². The summed E-state index contributed by atoms with van der Waals surface area (Å²) < 4.78 is 1.26. The molecule has 3 rings (SSSR count). The number of rotatable bonds is 7. The van der Waals surface area contributed by atoms with Crippen molar-refractivity contribution in [1.29, 1.82) is 0 Å². The number of carbonyl (C=O) groups excluding carboxylic acids is 1. The van der Waals surface area contributed by atoms with Crippen molar-refractivity contribution in [2.45, 2.75) is 32.9 Å². The first-order valence-corrected chi connectivity index (χ1v) is 10.3. The van der Waals surface area contributed by atoms with Gasteiger partial charge in [0, 0.05) is 30.9 Å². The number of aromatic nitrogens is 2. The molecule has 0 saturated carbocycles. The molecule has 0 aliphatic carbocycles. The first-order valence-electron chi connectivity index (χ1n) is 10.3. The molecule has 0 bridgehead atoms. The number of nitrogens with zero attached hydrogens (tertiary/aromatic N) is 3. The summed E-state index contributed by atoms with van der Waals surface area (Å²) in [5.41, 5.74) is 3.33. The highest BCUT2D eigenvalue weighted by molar-refractivity contribution is 5.92. The van der Waals surface area contributed by atoms with Gasteiger partial charge in [0.25, 0.3) is 5.56 Å². The van der Waals surface area contributed by atoms with Gasteiger partial charge >= 0.3 is 6.03 Å². The molecule has 7 nitrogen and oxygen atoms in total. The fraction of sp³-hybridized carbons (Fsp3) is 0.292. The number of benzene rings is 2. The number of urea groups is 1. The molecule has 0 aliphatic heterocycles. The van der Waals surface area contributed by atoms with E-state index < -0.39 is 0 Å². The van der Waals surface area contributed by atoms with Crippen molar-refractivity contribution >= 4 is 11.7 Å². The molecule has 7 heteroatoms. The number of anilines is 1. The van der Waals surface area contributed by atoms with Gasteiger partial charge in [-0.1, -0.05) is 42.5 Å². The second kappa shape index (κ2) is 10.0. The molecule has 2 amide bonds. The van der Waals surface area contributed by atoms with Gasteiger partial charge in [0.05, 0.1) is 18.4 Å². The van der Waals surface area contributed by atoms with Gasteiger partial charge in [-0.2, -0.15) is 5.10 Å². The number of amides is 2. The highest BCUT2D eigenvalue weighted by atomic mass is 16.3. The lowest BCUT2D eigenvalue weighted by Gasteiger charge is -2.27. The van der Waals surface area contributed by atoms with Gasteiger partial charge in [-0.05, 0) is 43.5 Å². The van der Waals surface area contributed by atoms with Gasteiger partial charge in [0.1, 0.15) is 0 Å². The van der Waals surface area contributed by atoms with Crippen LogP contribution in [0.2, 0.25) is 0 Å². The maximum absolute atomic E-state index is 12.7. The molecule has 0 radical (unpaired) electrons. The second-order valence-corrected chi connectivity index (χ2v) is 7.61. The second-order valence-electron chi connectivity index (χ2n) is 7.61. The lowest BCUT2D eigenvalue weighted by atomic mass is 10.0. The van der Waals surface area contributed by atoms with E-state index in [2.05, 4.69) is 10.4 Å². The Morgan fingerprint density at radius 2 is 1.81 bits per heavy atom. The largest absolute Gasteiger partial charge is 0.392 e. The van der Waals surface area contributed by atoms with Crippen LogP contribution in [0.5, 0.6) is 0 Å². The number of aliphatic hydroxyl groups excluding tert-OH is 1. The summed E-state index contributed by atoms with van der Waals surface area (Å²) in [4.78, 5) is 26.9. The van der Waals surface area contributed by atoms with Crippen LogP contribution in [-0.2, 0) is 20.1 Å². The Hall–Kier alpha value is -3.45. The summed E-state index contributed by atoms with van der Waals surface area (Å²) in [6.07, 6.45) is 2.17. The molecule has 0 saturated heterocycles. The Morgan fingerprint density at radius 1 is 1.13 bits per heavy atom. The third-order valence-corrected chi connectivity index (χ3v) is 5.09. The van der Waals surface area contributed by atoms with Crippen LogP contribution in [0.25, 0.3) is 11.1 Å². The number of para-hydroxylation sites is 1. The third kappa shape index (κ3) is 5.19. The number of nitrogens with one attached hydrogen (secondary N) is 1. The van der Waals surface area contributed by atoms with Crippen molar-refractivity contribution in [3.8, 4) is 11.1 Å². The van der Waals surface area contributed by atoms with Crippen LogP contribution in [-0.4, -0.2) is 33.5 Å². The Bertz CT molecular complexity index is 1080. The summed E-state index contributed by atoms with van der Waals surface area (Å²) in [5, 5.41) is 16.5. The van der Waals surface area contributed by atoms with Gasteiger partial charge in [-0.3, -0.25) is 9.69 Å². The molecule has 1 heterocycles. The summed E-state index contributed by atoms with van der Waals surface area (Å²) in [6, 6.07) is 17.1. The minimum Gasteiger partial charge on any atom is -0.392 e. The minimum atomic E-state index is -0.250. The molecule has 1 aromatic heterocycles. The highest BCUT2D eigenvalue weighted by Gasteiger charge is 2.18. The van der Waals surface area contributed by atoms with E-state index in [1.54, 1.807) is 11.9 Å². The summed E-state index contributed by atoms with van der Waals surface area (Å²) in [5.74, 6) is 0. The van der Waals surface area contributed by atoms with Crippen LogP contribution in [0.15, 0.2) is 65.6 Å². The SMILES string of the molecule is CC(C)N(C(=O)NCCc1ccc(-c2c(CO)cnn(C)c2=O)cc1)c1ccccc1. The van der Waals surface area contributed by atoms with Crippen LogP contribution < -0.4 is 15.8 Å². The molecule has 162 valence electrons. The zero-order valence-corrected chi connectivity index (χ0v) is 18.1. The van der Waals surface area contributed by atoms with E-state index in [4.69, 9.17) is 0 Å². The molecule has 0 atom stereocenters. The van der Waals surface area contributed by atoms with E-state index in [9.17, 15) is 14.7 Å². The topological polar surface area (TPSA) is 87.5 Å². The first-order chi connectivity index (χ1) is 14.9. The monoisotopic (exact) mass is 420 g/mol. The van der Waals surface area contributed by atoms with Crippen LogP contribution in [0.3, 0.4) is 0 Å². The zero-order valence-electron chi connectivity index (χ0n) is 18.1. The Morgan fingerprint density at radius 3 is 2.42 bits per heavy atom. The molecular weight excluding hydrogens is 392 g/mol. The molecule has 2 N–H and O–H groups in total. The first kappa shape index (κ1) is 22.2. The predicted molar refractivity (Wildman–Crippen MR) is 122 cm³/mol. The van der Waals surface area contributed by atoms with Crippen LogP contribution in [0.1, 0.15) is 25.0 Å². The molecule has 31 heavy (non-hydrogen) atoms. The summed E-state index contributed by atoms with van der Waals surface area (Å²) in [7, 11) is 1.58. The fourth-order valence-corrected chi connectivity index (χ4v) is 3.48. The molecule has 3 aromatic rings. The van der Waals surface area contributed by atoms with E-state index in [1.165, 1.54) is 10.9 Å². The highest BCUT2D eigenvalue weighted by Crippen LogP contribution is 2.20. The van der Waals surface area contributed by atoms with Crippen LogP contribution in [0, 0.1) is 0 Å². The van der Waals surface area contributed by atoms with Crippen LogP contribution >= 0.6 is 0 Å². The van der Waals surface area contributed by atoms with E-state index in [0.717, 1.165) is 16.8 Å². The molecular formula is C24H28N4O3. The Balaban J connectivity index is 1.66. The van der Waals surface area contributed by atoms with Gasteiger partial charge in [0.2, 0.25) is 0 Å².